The maximum Gasteiger partial charge on any atom is 0.434 e. The monoisotopic (exact) mass is 1220 g/mol. The third kappa shape index (κ3) is 16.1. The van der Waals surface area contributed by atoms with E-state index >= 15 is 0 Å². The third-order valence-electron chi connectivity index (χ3n) is 14.6. The molecule has 2 aliphatic carbocycles. The molecule has 2 fully saturated rings. The quantitative estimate of drug-likeness (QED) is 0.0280. The van der Waals surface area contributed by atoms with Gasteiger partial charge in [-0.2, -0.15) is 26.3 Å². The topological polar surface area (TPSA) is 162 Å². The Morgan fingerprint density at radius 2 is 1.04 bits per heavy atom. The average Bonchev–Trinajstić information content (AvgIpc) is 3.99. The zero-order valence-corrected chi connectivity index (χ0v) is 51.1. The normalized spacial score (nSPS) is 15.0. The van der Waals surface area contributed by atoms with Crippen LogP contribution in [0.25, 0.3) is 45.0 Å². The number of hydrogen-bond donors (Lipinski definition) is 1. The number of ether oxygens (including phenoxy) is 5. The minimum absolute atomic E-state index is 0.0586. The van der Waals surface area contributed by atoms with Crippen molar-refractivity contribution in [2.24, 2.45) is 10.8 Å². The number of aryl methyl sites for hydroxylation is 2. The lowest BCUT2D eigenvalue weighted by Crippen LogP contribution is -2.44. The zero-order valence-electron chi connectivity index (χ0n) is 47.5. The number of nitrogens with zero attached hydrogens (tertiary/aromatic N) is 6. The number of benzene rings is 2. The Labute approximate surface area is 485 Å². The first kappa shape index (κ1) is 63.8. The van der Waals surface area contributed by atoms with E-state index in [1.54, 1.807) is 67.8 Å². The van der Waals surface area contributed by atoms with Gasteiger partial charge < -0.3 is 37.9 Å². The number of esters is 1. The van der Waals surface area contributed by atoms with Gasteiger partial charge in [-0.1, -0.05) is 87.5 Å². The maximum absolute atomic E-state index is 13.5. The van der Waals surface area contributed by atoms with Gasteiger partial charge in [0.1, 0.15) is 49.2 Å². The van der Waals surface area contributed by atoms with Crippen molar-refractivity contribution >= 4 is 51.3 Å². The summed E-state index contributed by atoms with van der Waals surface area (Å²) in [6.07, 6.45) is 0.371. The SMILES string of the molecule is CCOC(=O)C1(COc2cc(C)c(-c3ccc(-c4nc(C(F)(F)F)cn4COCC[Si](C)(C)C)c(Cl)c3)cn2)CCC1.Cc1cc(OCC2(C(=O)O)CCC2)ncc1-c1ccc(-c2nc(C(F)(F)F)cn2COCC[Si](C)(C)C)c(Cl)c1. The van der Waals surface area contributed by atoms with Gasteiger partial charge in [-0.05, 0) is 105 Å². The van der Waals surface area contributed by atoms with Crippen LogP contribution < -0.4 is 9.47 Å². The molecule has 1 N–H and O–H groups in total. The smallest absolute Gasteiger partial charge is 0.434 e. The lowest BCUT2D eigenvalue weighted by atomic mass is 9.69. The molecule has 0 spiro atoms. The Morgan fingerprint density at radius 1 is 0.634 bits per heavy atom. The molecule has 6 aromatic rings. The van der Waals surface area contributed by atoms with Crippen molar-refractivity contribution in [1.29, 1.82) is 0 Å². The number of carboxylic acids is 1. The largest absolute Gasteiger partial charge is 0.481 e. The Balaban J connectivity index is 0.000000236. The van der Waals surface area contributed by atoms with Crippen LogP contribution in [0.2, 0.25) is 61.4 Å². The van der Waals surface area contributed by atoms with Gasteiger partial charge in [-0.15, -0.1) is 0 Å². The second kappa shape index (κ2) is 26.0. The number of imidazole rings is 2. The lowest BCUT2D eigenvalue weighted by Gasteiger charge is -2.38. The van der Waals surface area contributed by atoms with Gasteiger partial charge in [0.05, 0.1) is 16.7 Å². The highest BCUT2D eigenvalue weighted by molar-refractivity contribution is 6.76. The molecule has 8 rings (SSSR count). The molecule has 0 aliphatic heterocycles. The Bertz CT molecular complexity index is 3220. The Kier molecular flexibility index (Phi) is 20.2. The molecule has 0 bridgehead atoms. The summed E-state index contributed by atoms with van der Waals surface area (Å²) in [6, 6.07) is 15.4. The number of carboxylic acid groups (broad SMARTS) is 1. The zero-order chi connectivity index (χ0) is 60.0. The molecule has 0 radical (unpaired) electrons. The molecule has 2 saturated carbocycles. The van der Waals surface area contributed by atoms with E-state index in [1.807, 2.05) is 13.8 Å². The molecule has 4 heterocycles. The van der Waals surface area contributed by atoms with Crippen LogP contribution in [0.1, 0.15) is 68.0 Å². The van der Waals surface area contributed by atoms with Crippen LogP contribution in [0.3, 0.4) is 0 Å². The van der Waals surface area contributed by atoms with Gasteiger partial charge >= 0.3 is 24.3 Å². The number of hydrogen-bond acceptors (Lipinski definition) is 11. The maximum atomic E-state index is 13.5. The molecule has 14 nitrogen and oxygen atoms in total. The third-order valence-corrected chi connectivity index (χ3v) is 18.6. The van der Waals surface area contributed by atoms with E-state index in [-0.39, 0.29) is 54.3 Å². The minimum atomic E-state index is -4.61. The second-order valence-electron chi connectivity index (χ2n) is 23.5. The number of rotatable bonds is 23. The molecule has 24 heteroatoms. The summed E-state index contributed by atoms with van der Waals surface area (Å²) in [6.45, 7) is 20.1. The van der Waals surface area contributed by atoms with Gasteiger partial charge in [0, 0.05) is 88.5 Å². The summed E-state index contributed by atoms with van der Waals surface area (Å²) < 4.78 is 112. The predicted octanol–water partition coefficient (Wildman–Crippen LogP) is 15.6. The molecule has 2 aromatic carbocycles. The van der Waals surface area contributed by atoms with E-state index in [9.17, 15) is 41.0 Å². The molecule has 0 amide bonds. The summed E-state index contributed by atoms with van der Waals surface area (Å²) in [5.74, 6) is -0.225. The molecule has 0 atom stereocenters. The van der Waals surface area contributed by atoms with Crippen molar-refractivity contribution in [2.45, 2.75) is 136 Å². The fraction of sp³-hybridized carbons (Fsp3) is 0.483. The first-order chi connectivity index (χ1) is 38.4. The van der Waals surface area contributed by atoms with Crippen molar-refractivity contribution in [2.75, 3.05) is 33.0 Å². The molecule has 444 valence electrons. The van der Waals surface area contributed by atoms with E-state index in [4.69, 9.17) is 46.9 Å². The van der Waals surface area contributed by atoms with Crippen molar-refractivity contribution in [1.82, 2.24) is 29.1 Å². The van der Waals surface area contributed by atoms with Crippen LogP contribution in [0, 0.1) is 24.7 Å². The standard InChI is InChI=1S/C30H37ClF3N3O4Si.C28H33ClF3N3O4Si/c1-6-40-28(38)29(10-7-11-29)18-41-26-14-20(2)23(16-35-26)21-8-9-22(24(31)15-21)27-36-25(30(32,33)34)17-37(27)19-39-12-13-42(3,4)5;1-18-12-24(39-16-27(26(36)37)8-5-9-27)33-14-21(18)19-6-7-20(22(29)13-19)25-34-23(28(30,31)32)15-35(25)17-38-10-11-40(2,3)4/h8-9,14-17H,6-7,10-13,18-19H2,1-5H3;6-7,12-15H,5,8-11,16-17H2,1-4H3,(H,36,37). The summed E-state index contributed by atoms with van der Waals surface area (Å²) in [5, 5.41) is 9.98. The molecule has 4 aromatic heterocycles. The first-order valence-corrected chi connectivity index (χ1v) is 35.2. The highest BCUT2D eigenvalue weighted by Gasteiger charge is 2.47. The Hall–Kier alpha value is -5.79. The van der Waals surface area contributed by atoms with Gasteiger partial charge in [-0.25, -0.2) is 19.9 Å². The van der Waals surface area contributed by atoms with Crippen molar-refractivity contribution in [3.63, 3.8) is 0 Å². The van der Waals surface area contributed by atoms with Crippen LogP contribution in [-0.2, 0) is 49.6 Å². The van der Waals surface area contributed by atoms with Gasteiger partial charge in [-0.3, -0.25) is 9.59 Å². The van der Waals surface area contributed by atoms with E-state index in [0.717, 1.165) is 78.0 Å². The summed E-state index contributed by atoms with van der Waals surface area (Å²) >= 11 is 13.2. The number of pyridine rings is 2. The van der Waals surface area contributed by atoms with E-state index in [0.29, 0.717) is 61.1 Å². The van der Waals surface area contributed by atoms with Crippen molar-refractivity contribution in [3.8, 4) is 56.8 Å². The van der Waals surface area contributed by atoms with E-state index < -0.39 is 56.7 Å². The number of aliphatic carboxylic acids is 1. The highest BCUT2D eigenvalue weighted by Crippen LogP contribution is 2.44. The van der Waals surface area contributed by atoms with E-state index in [1.165, 1.54) is 9.13 Å². The fourth-order valence-electron chi connectivity index (χ4n) is 9.11. The van der Waals surface area contributed by atoms with Crippen LogP contribution >= 0.6 is 23.2 Å². The molecular weight excluding hydrogens is 1150 g/mol. The molecular formula is C58H70Cl2F6N6O8Si2. The predicted molar refractivity (Wildman–Crippen MR) is 307 cm³/mol. The number of carbonyl (C=O) groups is 2. The fourth-order valence-corrected chi connectivity index (χ4v) is 11.2. The Morgan fingerprint density at radius 3 is 1.35 bits per heavy atom. The molecule has 82 heavy (non-hydrogen) atoms. The van der Waals surface area contributed by atoms with Crippen LogP contribution in [0.5, 0.6) is 11.8 Å². The summed E-state index contributed by atoms with van der Waals surface area (Å²) in [4.78, 5) is 40.5. The van der Waals surface area contributed by atoms with Crippen LogP contribution in [0.15, 0.2) is 73.3 Å². The number of carbonyl (C=O) groups excluding carboxylic acids is 1. The van der Waals surface area contributed by atoms with Crippen LogP contribution in [-0.4, -0.2) is 95.3 Å². The van der Waals surface area contributed by atoms with E-state index in [2.05, 4.69) is 59.2 Å². The first-order valence-electron chi connectivity index (χ1n) is 27.1. The molecule has 0 unspecified atom stereocenters. The lowest BCUT2D eigenvalue weighted by molar-refractivity contribution is -0.164. The van der Waals surface area contributed by atoms with Crippen molar-refractivity contribution in [3.05, 3.63) is 106 Å². The number of aromatic nitrogens is 6. The van der Waals surface area contributed by atoms with Gasteiger partial charge in [0.2, 0.25) is 11.8 Å². The summed E-state index contributed by atoms with van der Waals surface area (Å²) in [5.41, 5.74) is 1.89. The molecule has 0 saturated heterocycles. The molecule has 2 aliphatic rings. The number of halogens is 8. The number of alkyl halides is 6. The average molecular weight is 1220 g/mol. The van der Waals surface area contributed by atoms with Crippen molar-refractivity contribution < 1.29 is 64.7 Å². The minimum Gasteiger partial charge on any atom is -0.481 e. The van der Waals surface area contributed by atoms with Gasteiger partial charge in [0.15, 0.2) is 11.4 Å². The van der Waals surface area contributed by atoms with Crippen LogP contribution in [0.4, 0.5) is 26.3 Å². The highest BCUT2D eigenvalue weighted by atomic mass is 35.5. The second-order valence-corrected chi connectivity index (χ2v) is 35.5. The summed E-state index contributed by atoms with van der Waals surface area (Å²) in [7, 11) is -2.71. The van der Waals surface area contributed by atoms with Gasteiger partial charge in [0.25, 0.3) is 0 Å².